The first kappa shape index (κ1) is 20.8. The number of nitrogens with zero attached hydrogens (tertiary/aromatic N) is 2. The fourth-order valence-electron chi connectivity index (χ4n) is 2.19. The zero-order valence-corrected chi connectivity index (χ0v) is 16.8. The minimum Gasteiger partial charge on any atom is -0.469 e. The number of methoxy groups -OCH3 is 1. The lowest BCUT2D eigenvalue weighted by molar-refractivity contribution is -0.146. The third kappa shape index (κ3) is 6.63. The van der Waals surface area contributed by atoms with E-state index in [0.717, 1.165) is 38.4 Å². The van der Waals surface area contributed by atoms with Gasteiger partial charge in [-0.3, -0.25) is 9.79 Å². The Balaban J connectivity index is 0.00000400. The fourth-order valence-corrected chi connectivity index (χ4v) is 2.41. The van der Waals surface area contributed by atoms with Gasteiger partial charge in [-0.1, -0.05) is 0 Å². The van der Waals surface area contributed by atoms with Crippen molar-refractivity contribution in [2.75, 3.05) is 40.0 Å². The third-order valence-corrected chi connectivity index (χ3v) is 5.02. The summed E-state index contributed by atoms with van der Waals surface area (Å²) in [6, 6.07) is 0. The first-order chi connectivity index (χ1) is 9.43. The zero-order chi connectivity index (χ0) is 15.2. The number of esters is 1. The molecule has 0 bridgehead atoms. The molecule has 1 heterocycles. The average molecular weight is 429 g/mol. The molecule has 21 heavy (non-hydrogen) atoms. The van der Waals surface area contributed by atoms with Crippen molar-refractivity contribution in [3.8, 4) is 0 Å². The fraction of sp³-hybridized carbons (Fsp3) is 0.857. The van der Waals surface area contributed by atoms with E-state index in [0.29, 0.717) is 0 Å². The van der Waals surface area contributed by atoms with E-state index in [2.05, 4.69) is 35.3 Å². The zero-order valence-electron chi connectivity index (χ0n) is 13.6. The summed E-state index contributed by atoms with van der Waals surface area (Å²) >= 11 is 1.84. The highest BCUT2D eigenvalue weighted by Crippen LogP contribution is 2.21. The molecule has 0 aromatic rings. The summed E-state index contributed by atoms with van der Waals surface area (Å²) in [6.45, 7) is 6.99. The van der Waals surface area contributed by atoms with Crippen LogP contribution < -0.4 is 5.32 Å². The predicted molar refractivity (Wildman–Crippen MR) is 101 cm³/mol. The van der Waals surface area contributed by atoms with Crippen molar-refractivity contribution in [1.29, 1.82) is 0 Å². The van der Waals surface area contributed by atoms with Gasteiger partial charge in [0.15, 0.2) is 5.96 Å². The lowest BCUT2D eigenvalue weighted by atomic mass is 9.97. The van der Waals surface area contributed by atoms with Gasteiger partial charge in [-0.25, -0.2) is 0 Å². The van der Waals surface area contributed by atoms with E-state index in [4.69, 9.17) is 4.74 Å². The molecular weight excluding hydrogens is 401 g/mol. The molecule has 1 aliphatic rings. The van der Waals surface area contributed by atoms with Crippen LogP contribution in [0, 0.1) is 5.92 Å². The number of nitrogens with one attached hydrogen (secondary N) is 1. The number of hydrogen-bond donors (Lipinski definition) is 1. The van der Waals surface area contributed by atoms with Crippen molar-refractivity contribution in [2.24, 2.45) is 10.9 Å². The van der Waals surface area contributed by atoms with Crippen LogP contribution in [0.15, 0.2) is 4.99 Å². The van der Waals surface area contributed by atoms with E-state index in [-0.39, 0.29) is 40.6 Å². The smallest absolute Gasteiger partial charge is 0.308 e. The Morgan fingerprint density at radius 2 is 2.00 bits per heavy atom. The number of carbonyl (C=O) groups excluding carboxylic acids is 1. The first-order valence-electron chi connectivity index (χ1n) is 7.02. The summed E-state index contributed by atoms with van der Waals surface area (Å²) < 4.78 is 4.99. The SMILES string of the molecule is CN=C(NCC(C)(C)SC)N1CCC(C(=O)OC)CC1.I. The number of ether oxygens (including phenoxy) is 1. The molecule has 1 N–H and O–H groups in total. The number of carbonyl (C=O) groups is 1. The molecule has 0 amide bonds. The molecule has 1 aliphatic heterocycles. The lowest BCUT2D eigenvalue weighted by Gasteiger charge is -2.34. The topological polar surface area (TPSA) is 53.9 Å². The second-order valence-electron chi connectivity index (χ2n) is 5.65. The van der Waals surface area contributed by atoms with E-state index in [9.17, 15) is 4.79 Å². The van der Waals surface area contributed by atoms with Crippen LogP contribution in [0.4, 0.5) is 0 Å². The number of thioether (sulfide) groups is 1. The summed E-state index contributed by atoms with van der Waals surface area (Å²) in [7, 11) is 3.26. The maximum atomic E-state index is 11.5. The third-order valence-electron chi connectivity index (χ3n) is 3.77. The molecule has 5 nitrogen and oxygen atoms in total. The molecule has 0 radical (unpaired) electrons. The number of likely N-dealkylation sites (tertiary alicyclic amines) is 1. The van der Waals surface area contributed by atoms with Gasteiger partial charge >= 0.3 is 5.97 Å². The van der Waals surface area contributed by atoms with Crippen molar-refractivity contribution in [1.82, 2.24) is 10.2 Å². The molecule has 124 valence electrons. The van der Waals surface area contributed by atoms with Crippen molar-refractivity contribution < 1.29 is 9.53 Å². The van der Waals surface area contributed by atoms with Crippen LogP contribution in [0.2, 0.25) is 0 Å². The summed E-state index contributed by atoms with van der Waals surface area (Å²) in [6.07, 6.45) is 3.78. The molecule has 0 spiro atoms. The van der Waals surface area contributed by atoms with E-state index >= 15 is 0 Å². The Hall–Kier alpha value is -0.180. The Morgan fingerprint density at radius 3 is 2.43 bits per heavy atom. The van der Waals surface area contributed by atoms with Gasteiger partial charge in [0, 0.05) is 31.4 Å². The van der Waals surface area contributed by atoms with Crippen LogP contribution in [0.5, 0.6) is 0 Å². The minimum atomic E-state index is -0.0869. The van der Waals surface area contributed by atoms with Crippen LogP contribution >= 0.6 is 35.7 Å². The van der Waals surface area contributed by atoms with Gasteiger partial charge in [0.1, 0.15) is 0 Å². The number of rotatable bonds is 4. The van der Waals surface area contributed by atoms with Crippen LogP contribution in [0.3, 0.4) is 0 Å². The van der Waals surface area contributed by atoms with Gasteiger partial charge in [0.05, 0.1) is 13.0 Å². The number of halogens is 1. The number of piperidine rings is 1. The van der Waals surface area contributed by atoms with Crippen LogP contribution in [0.25, 0.3) is 0 Å². The molecule has 1 rings (SSSR count). The van der Waals surface area contributed by atoms with E-state index < -0.39 is 0 Å². The van der Waals surface area contributed by atoms with Crippen LogP contribution in [-0.4, -0.2) is 61.6 Å². The maximum absolute atomic E-state index is 11.5. The van der Waals surface area contributed by atoms with Gasteiger partial charge in [-0.15, -0.1) is 24.0 Å². The molecule has 0 saturated carbocycles. The van der Waals surface area contributed by atoms with Gasteiger partial charge in [0.25, 0.3) is 0 Å². The van der Waals surface area contributed by atoms with Crippen LogP contribution in [0.1, 0.15) is 26.7 Å². The Labute approximate surface area is 149 Å². The summed E-state index contributed by atoms with van der Waals surface area (Å²) in [4.78, 5) is 18.1. The van der Waals surface area contributed by atoms with Gasteiger partial charge in [-0.2, -0.15) is 11.8 Å². The number of guanidine groups is 1. The summed E-state index contributed by atoms with van der Waals surface area (Å²) in [5, 5.41) is 3.43. The van der Waals surface area contributed by atoms with Gasteiger partial charge < -0.3 is 15.0 Å². The Morgan fingerprint density at radius 1 is 1.43 bits per heavy atom. The van der Waals surface area contributed by atoms with Gasteiger partial charge in [0.2, 0.25) is 0 Å². The molecule has 1 saturated heterocycles. The van der Waals surface area contributed by atoms with E-state index in [1.807, 2.05) is 11.8 Å². The molecule has 1 fully saturated rings. The highest BCUT2D eigenvalue weighted by atomic mass is 127. The van der Waals surface area contributed by atoms with Crippen LogP contribution in [-0.2, 0) is 9.53 Å². The van der Waals surface area contributed by atoms with Crippen molar-refractivity contribution in [2.45, 2.75) is 31.4 Å². The average Bonchev–Trinajstić information content (AvgIpc) is 2.47. The van der Waals surface area contributed by atoms with Crippen molar-refractivity contribution in [3.05, 3.63) is 0 Å². The normalized spacial score (nSPS) is 17.2. The maximum Gasteiger partial charge on any atom is 0.308 e. The molecular formula is C14H28IN3O2S. The highest BCUT2D eigenvalue weighted by Gasteiger charge is 2.27. The standard InChI is InChI=1S/C14H27N3O2S.HI/c1-14(2,20-5)10-16-13(15-3)17-8-6-11(7-9-17)12(18)19-4;/h11H,6-10H2,1-5H3,(H,15,16);1H. The summed E-state index contributed by atoms with van der Waals surface area (Å²) in [5.74, 6) is 0.878. The molecule has 7 heteroatoms. The molecule has 0 aromatic heterocycles. The monoisotopic (exact) mass is 429 g/mol. The Bertz CT molecular complexity index is 356. The lowest BCUT2D eigenvalue weighted by Crippen LogP contribution is -2.49. The summed E-state index contributed by atoms with van der Waals surface area (Å²) in [5.41, 5.74) is 0. The van der Waals surface area contributed by atoms with Crippen molar-refractivity contribution >= 4 is 47.7 Å². The molecule has 0 atom stereocenters. The quantitative estimate of drug-likeness (QED) is 0.322. The van der Waals surface area contributed by atoms with Crippen molar-refractivity contribution in [3.63, 3.8) is 0 Å². The predicted octanol–water partition coefficient (Wildman–Crippen LogP) is 2.21. The largest absolute Gasteiger partial charge is 0.469 e. The minimum absolute atomic E-state index is 0. The van der Waals surface area contributed by atoms with Gasteiger partial charge in [-0.05, 0) is 32.9 Å². The highest BCUT2D eigenvalue weighted by molar-refractivity contribution is 14.0. The first-order valence-corrected chi connectivity index (χ1v) is 8.24. The Kier molecular flexibility index (Phi) is 9.68. The molecule has 0 aromatic carbocycles. The number of hydrogen-bond acceptors (Lipinski definition) is 4. The second-order valence-corrected chi connectivity index (χ2v) is 7.16. The molecule has 0 aliphatic carbocycles. The molecule has 0 unspecified atom stereocenters. The second kappa shape index (κ2) is 9.76. The van der Waals surface area contributed by atoms with E-state index in [1.165, 1.54) is 7.11 Å². The van der Waals surface area contributed by atoms with E-state index in [1.54, 1.807) is 7.05 Å². The number of aliphatic imine (C=N–C) groups is 1.